The number of hydrogen-bond acceptors (Lipinski definition) is 10. The maximum absolute atomic E-state index is 13.2. The number of aliphatic hydroxyl groups excluding tert-OH is 1. The molecule has 5 rings (SSSR count). The average Bonchev–Trinajstić information content (AvgIpc) is 3.46. The number of fused-ring (bicyclic) bond motifs is 1. The molecule has 3 aromatic heterocycles. The predicted octanol–water partition coefficient (Wildman–Crippen LogP) is 4.84. The molecule has 1 amide bonds. The fourth-order valence-corrected chi connectivity index (χ4v) is 6.45. The molecule has 1 aromatic carbocycles. The number of aryl methyl sites for hydroxylation is 1. The van der Waals surface area contributed by atoms with E-state index in [1.165, 1.54) is 42.6 Å². The second-order valence-corrected chi connectivity index (χ2v) is 11.1. The molecule has 0 unspecified atom stereocenters. The molecule has 3 heterocycles. The van der Waals surface area contributed by atoms with E-state index >= 15 is 0 Å². The second-order valence-electron chi connectivity index (χ2n) is 8.24. The molecular weight excluding hydrogens is 532 g/mol. The summed E-state index contributed by atoms with van der Waals surface area (Å²) in [5.41, 5.74) is 4.57. The minimum Gasteiger partial charge on any atom is -0.494 e. The van der Waals surface area contributed by atoms with E-state index in [9.17, 15) is 9.90 Å². The molecule has 9 nitrogen and oxygen atoms in total. The number of aliphatic hydroxyl groups is 1. The largest absolute Gasteiger partial charge is 0.494 e. The minimum absolute atomic E-state index is 0.169. The van der Waals surface area contributed by atoms with Gasteiger partial charge in [-0.15, -0.1) is 10.2 Å². The first-order chi connectivity index (χ1) is 17.9. The Hall–Kier alpha value is -3.56. The van der Waals surface area contributed by atoms with Gasteiger partial charge in [0.25, 0.3) is 5.91 Å². The van der Waals surface area contributed by atoms with Gasteiger partial charge in [0.2, 0.25) is 5.13 Å². The third-order valence-corrected chi connectivity index (χ3v) is 8.26. The SMILES string of the molecule is COc1cnc(Cl)cc1-c1cc(C)ncc1C(=O)Nc1nnc(S[C@H]2Cc3cc(C#N)ccc3[C@@H]2O)s1. The zero-order valence-electron chi connectivity index (χ0n) is 19.6. The molecule has 4 aromatic rings. The van der Waals surface area contributed by atoms with E-state index < -0.39 is 12.0 Å². The molecule has 37 heavy (non-hydrogen) atoms. The lowest BCUT2D eigenvalue weighted by Gasteiger charge is -2.13. The van der Waals surface area contributed by atoms with Crippen molar-refractivity contribution in [3.05, 3.63) is 75.8 Å². The summed E-state index contributed by atoms with van der Waals surface area (Å²) in [5, 5.41) is 31.4. The van der Waals surface area contributed by atoms with Crippen LogP contribution in [0.3, 0.4) is 0 Å². The van der Waals surface area contributed by atoms with Crippen molar-refractivity contribution in [1.29, 1.82) is 5.26 Å². The van der Waals surface area contributed by atoms with Crippen molar-refractivity contribution >= 4 is 45.7 Å². The maximum Gasteiger partial charge on any atom is 0.259 e. The molecule has 0 saturated heterocycles. The first kappa shape index (κ1) is 25.1. The summed E-state index contributed by atoms with van der Waals surface area (Å²) in [5.74, 6) is 0.0548. The van der Waals surface area contributed by atoms with Crippen LogP contribution in [0.4, 0.5) is 5.13 Å². The third kappa shape index (κ3) is 5.14. The van der Waals surface area contributed by atoms with Gasteiger partial charge >= 0.3 is 0 Å². The summed E-state index contributed by atoms with van der Waals surface area (Å²) in [6, 6.07) is 10.9. The monoisotopic (exact) mass is 550 g/mol. The first-order valence-electron chi connectivity index (χ1n) is 11.1. The number of amides is 1. The highest BCUT2D eigenvalue weighted by Crippen LogP contribution is 2.43. The van der Waals surface area contributed by atoms with E-state index in [4.69, 9.17) is 21.6 Å². The molecule has 0 fully saturated rings. The van der Waals surface area contributed by atoms with Gasteiger partial charge in [0, 0.05) is 28.3 Å². The average molecular weight is 551 g/mol. The molecule has 12 heteroatoms. The predicted molar refractivity (Wildman–Crippen MR) is 141 cm³/mol. The molecule has 2 N–H and O–H groups in total. The van der Waals surface area contributed by atoms with E-state index in [2.05, 4.69) is 31.6 Å². The van der Waals surface area contributed by atoms with E-state index in [-0.39, 0.29) is 10.4 Å². The normalized spacial score (nSPS) is 16.2. The van der Waals surface area contributed by atoms with Crippen LogP contribution in [0.15, 0.2) is 47.1 Å². The summed E-state index contributed by atoms with van der Waals surface area (Å²) >= 11 is 8.73. The number of methoxy groups -OCH3 is 1. The second kappa shape index (κ2) is 10.4. The highest BCUT2D eigenvalue weighted by molar-refractivity contribution is 8.01. The van der Waals surface area contributed by atoms with Gasteiger partial charge in [-0.3, -0.25) is 15.1 Å². The Labute approximate surface area is 225 Å². The zero-order chi connectivity index (χ0) is 26.1. The number of nitrogens with zero attached hydrogens (tertiary/aromatic N) is 5. The molecule has 1 aliphatic carbocycles. The van der Waals surface area contributed by atoms with E-state index in [1.54, 1.807) is 24.3 Å². The van der Waals surface area contributed by atoms with Crippen LogP contribution in [0.1, 0.15) is 38.8 Å². The number of benzene rings is 1. The van der Waals surface area contributed by atoms with Gasteiger partial charge in [-0.1, -0.05) is 40.8 Å². The minimum atomic E-state index is -0.682. The van der Waals surface area contributed by atoms with Gasteiger partial charge in [-0.25, -0.2) is 4.98 Å². The summed E-state index contributed by atoms with van der Waals surface area (Å²) in [7, 11) is 1.52. The van der Waals surface area contributed by atoms with Crippen molar-refractivity contribution in [3.63, 3.8) is 0 Å². The number of nitriles is 1. The summed E-state index contributed by atoms with van der Waals surface area (Å²) in [6.07, 6.45) is 2.91. The number of hydrogen-bond donors (Lipinski definition) is 2. The molecule has 0 aliphatic heterocycles. The number of rotatable bonds is 6. The standard InChI is InChI=1S/C25H19ClN6O3S2/c1-12-5-16(17-8-21(26)29-11-19(17)35-2)18(10-28-12)23(34)30-24-31-32-25(37-24)36-20-7-14-6-13(9-27)3-4-15(14)22(20)33/h3-6,8,10-11,20,22,33H,7H2,1-2H3,(H,30,31,34)/t20-,22-/m0/s1. The third-order valence-electron chi connectivity index (χ3n) is 5.87. The Balaban J connectivity index is 1.34. The Kier molecular flexibility index (Phi) is 7.08. The highest BCUT2D eigenvalue weighted by atomic mass is 35.5. The van der Waals surface area contributed by atoms with Crippen LogP contribution < -0.4 is 10.1 Å². The van der Waals surface area contributed by atoms with E-state index in [0.717, 1.165) is 11.1 Å². The van der Waals surface area contributed by atoms with Crippen LogP contribution >= 0.6 is 34.7 Å². The number of ether oxygens (including phenoxy) is 1. The van der Waals surface area contributed by atoms with Crippen LogP contribution in [-0.2, 0) is 6.42 Å². The lowest BCUT2D eigenvalue weighted by atomic mass is 10.0. The Morgan fingerprint density at radius 2 is 2.08 bits per heavy atom. The number of carbonyl (C=O) groups excluding carboxylic acids is 1. The fourth-order valence-electron chi connectivity index (χ4n) is 4.13. The number of pyridine rings is 2. The van der Waals surface area contributed by atoms with E-state index in [1.807, 2.05) is 13.0 Å². The van der Waals surface area contributed by atoms with Crippen molar-refractivity contribution in [2.24, 2.45) is 0 Å². The lowest BCUT2D eigenvalue weighted by molar-refractivity contribution is 0.102. The first-order valence-corrected chi connectivity index (χ1v) is 13.1. The number of halogens is 1. The molecule has 1 aliphatic rings. The molecular formula is C25H19ClN6O3S2. The van der Waals surface area contributed by atoms with Crippen LogP contribution in [0.25, 0.3) is 11.1 Å². The van der Waals surface area contributed by atoms with Crippen LogP contribution in [0, 0.1) is 18.3 Å². The molecule has 0 radical (unpaired) electrons. The van der Waals surface area contributed by atoms with Crippen molar-refractivity contribution < 1.29 is 14.6 Å². The van der Waals surface area contributed by atoms with Gasteiger partial charge in [0.15, 0.2) is 4.34 Å². The van der Waals surface area contributed by atoms with Crippen molar-refractivity contribution in [2.75, 3.05) is 12.4 Å². The Morgan fingerprint density at radius 1 is 1.24 bits per heavy atom. The van der Waals surface area contributed by atoms with Crippen LogP contribution in [-0.4, -0.2) is 43.5 Å². The fraction of sp³-hybridized carbons (Fsp3) is 0.200. The van der Waals surface area contributed by atoms with Crippen molar-refractivity contribution in [3.8, 4) is 22.9 Å². The molecule has 0 bridgehead atoms. The number of carbonyl (C=O) groups is 1. The van der Waals surface area contributed by atoms with Gasteiger partial charge in [0.05, 0.1) is 36.6 Å². The Bertz CT molecular complexity index is 1550. The summed E-state index contributed by atoms with van der Waals surface area (Å²) in [6.45, 7) is 1.82. The smallest absolute Gasteiger partial charge is 0.259 e. The number of nitrogens with one attached hydrogen (secondary N) is 1. The Morgan fingerprint density at radius 3 is 2.86 bits per heavy atom. The zero-order valence-corrected chi connectivity index (χ0v) is 22.0. The van der Waals surface area contributed by atoms with Gasteiger partial charge in [-0.2, -0.15) is 5.26 Å². The van der Waals surface area contributed by atoms with Gasteiger partial charge in [0.1, 0.15) is 10.9 Å². The molecule has 186 valence electrons. The highest BCUT2D eigenvalue weighted by Gasteiger charge is 2.33. The molecule has 0 saturated carbocycles. The quantitative estimate of drug-likeness (QED) is 0.255. The van der Waals surface area contributed by atoms with Gasteiger partial charge < -0.3 is 9.84 Å². The maximum atomic E-state index is 13.2. The molecule has 0 spiro atoms. The van der Waals surface area contributed by atoms with Crippen molar-refractivity contribution in [1.82, 2.24) is 20.2 Å². The van der Waals surface area contributed by atoms with Crippen LogP contribution in [0.5, 0.6) is 5.75 Å². The lowest BCUT2D eigenvalue weighted by Crippen LogP contribution is -2.14. The molecule has 2 atom stereocenters. The number of thioether (sulfide) groups is 1. The number of anilines is 1. The van der Waals surface area contributed by atoms with Gasteiger partial charge in [-0.05, 0) is 48.7 Å². The summed E-state index contributed by atoms with van der Waals surface area (Å²) < 4.78 is 6.04. The van der Waals surface area contributed by atoms with Crippen LogP contribution in [0.2, 0.25) is 5.15 Å². The summed E-state index contributed by atoms with van der Waals surface area (Å²) in [4.78, 5) is 21.6. The number of aromatic nitrogens is 4. The van der Waals surface area contributed by atoms with E-state index in [0.29, 0.717) is 49.6 Å². The topological polar surface area (TPSA) is 134 Å². The van der Waals surface area contributed by atoms with Crippen molar-refractivity contribution in [2.45, 2.75) is 29.0 Å².